The Morgan fingerprint density at radius 1 is 1.21 bits per heavy atom. The van der Waals surface area contributed by atoms with Gasteiger partial charge in [0.05, 0.1) is 40.6 Å². The molecule has 2 heterocycles. The van der Waals surface area contributed by atoms with Crippen LogP contribution in [0.2, 0.25) is 10.0 Å². The third-order valence-electron chi connectivity index (χ3n) is 5.18. The van der Waals surface area contributed by atoms with Gasteiger partial charge in [-0.2, -0.15) is 0 Å². The van der Waals surface area contributed by atoms with Crippen LogP contribution in [0.1, 0.15) is 31.0 Å². The van der Waals surface area contributed by atoms with Crippen molar-refractivity contribution in [2.45, 2.75) is 19.9 Å². The number of benzene rings is 2. The molecule has 9 heteroatoms. The van der Waals surface area contributed by atoms with Crippen molar-refractivity contribution in [2.75, 3.05) is 13.7 Å². The predicted molar refractivity (Wildman–Crippen MR) is 130 cm³/mol. The van der Waals surface area contributed by atoms with E-state index in [0.29, 0.717) is 36.4 Å². The largest absolute Gasteiger partial charge is 0.495 e. The lowest BCUT2D eigenvalue weighted by Crippen LogP contribution is -2.39. The summed E-state index contributed by atoms with van der Waals surface area (Å²) in [6.45, 7) is 3.70. The molecule has 2 aromatic carbocycles. The van der Waals surface area contributed by atoms with Crippen LogP contribution in [0.5, 0.6) is 5.75 Å². The van der Waals surface area contributed by atoms with E-state index in [1.165, 1.54) is 15.9 Å². The van der Waals surface area contributed by atoms with Crippen molar-refractivity contribution in [1.82, 2.24) is 4.57 Å². The Morgan fingerprint density at radius 2 is 1.94 bits per heavy atom. The van der Waals surface area contributed by atoms with Crippen LogP contribution >= 0.6 is 34.5 Å². The summed E-state index contributed by atoms with van der Waals surface area (Å²) < 4.78 is 12.5. The number of halogens is 2. The lowest BCUT2D eigenvalue weighted by atomic mass is 9.96. The van der Waals surface area contributed by atoms with E-state index < -0.39 is 12.0 Å². The average Bonchev–Trinajstić information content (AvgIpc) is 3.08. The number of rotatable bonds is 5. The normalized spacial score (nSPS) is 15.8. The number of fused-ring (bicyclic) bond motifs is 1. The quantitative estimate of drug-likeness (QED) is 0.492. The van der Waals surface area contributed by atoms with Crippen molar-refractivity contribution in [2.24, 2.45) is 4.99 Å². The van der Waals surface area contributed by atoms with E-state index in [9.17, 15) is 9.59 Å². The van der Waals surface area contributed by atoms with Crippen LogP contribution in [0, 0.1) is 0 Å². The van der Waals surface area contributed by atoms with E-state index in [4.69, 9.17) is 32.7 Å². The molecule has 0 bridgehead atoms. The Labute approximate surface area is 204 Å². The van der Waals surface area contributed by atoms with Crippen LogP contribution in [-0.4, -0.2) is 24.3 Å². The van der Waals surface area contributed by atoms with Gasteiger partial charge in [-0.15, -0.1) is 0 Å². The van der Waals surface area contributed by atoms with E-state index in [-0.39, 0.29) is 12.2 Å². The molecule has 3 aromatic rings. The predicted octanol–water partition coefficient (Wildman–Crippen LogP) is 4.11. The lowest BCUT2D eigenvalue weighted by Gasteiger charge is -2.24. The zero-order chi connectivity index (χ0) is 23.7. The summed E-state index contributed by atoms with van der Waals surface area (Å²) in [4.78, 5) is 31.5. The molecule has 6 nitrogen and oxygen atoms in total. The highest BCUT2D eigenvalue weighted by Gasteiger charge is 2.33. The molecule has 0 aliphatic carbocycles. The Morgan fingerprint density at radius 3 is 2.58 bits per heavy atom. The molecule has 0 N–H and O–H groups in total. The van der Waals surface area contributed by atoms with Crippen LogP contribution in [0.3, 0.4) is 0 Å². The zero-order valence-electron chi connectivity index (χ0n) is 18.1. The summed E-state index contributed by atoms with van der Waals surface area (Å²) in [7, 11) is 1.54. The summed E-state index contributed by atoms with van der Waals surface area (Å²) in [6.07, 6.45) is 1.75. The number of nitrogens with zero attached hydrogens (tertiary/aromatic N) is 2. The molecule has 0 saturated heterocycles. The lowest BCUT2D eigenvalue weighted by molar-refractivity contribution is -0.139. The summed E-state index contributed by atoms with van der Waals surface area (Å²) >= 11 is 13.6. The molecule has 1 aliphatic heterocycles. The molecule has 1 atom stereocenters. The van der Waals surface area contributed by atoms with E-state index in [1.54, 1.807) is 63.4 Å². The topological polar surface area (TPSA) is 69.9 Å². The van der Waals surface area contributed by atoms with Crippen LogP contribution in [0.4, 0.5) is 0 Å². The molecule has 0 radical (unpaired) electrons. The second-order valence-electron chi connectivity index (χ2n) is 7.25. The maximum atomic E-state index is 13.5. The van der Waals surface area contributed by atoms with Crippen molar-refractivity contribution < 1.29 is 14.3 Å². The minimum Gasteiger partial charge on any atom is -0.495 e. The molecular weight excluding hydrogens is 483 g/mol. The van der Waals surface area contributed by atoms with Crippen LogP contribution in [0.25, 0.3) is 6.08 Å². The Hall–Kier alpha value is -2.87. The molecule has 0 unspecified atom stereocenters. The fraction of sp³-hybridized carbons (Fsp3) is 0.208. The second-order valence-corrected chi connectivity index (χ2v) is 9.10. The highest BCUT2D eigenvalue weighted by Crippen LogP contribution is 2.31. The maximum absolute atomic E-state index is 13.5. The number of carbonyl (C=O) groups is 1. The average molecular weight is 503 g/mol. The maximum Gasteiger partial charge on any atom is 0.338 e. The fourth-order valence-electron chi connectivity index (χ4n) is 3.68. The number of hydrogen-bond donors (Lipinski definition) is 0. The number of carbonyl (C=O) groups excluding carboxylic acids is 1. The molecule has 0 spiro atoms. The first kappa shape index (κ1) is 23.3. The van der Waals surface area contributed by atoms with Crippen molar-refractivity contribution >= 4 is 46.6 Å². The van der Waals surface area contributed by atoms with Gasteiger partial charge in [0, 0.05) is 5.02 Å². The molecule has 33 heavy (non-hydrogen) atoms. The third-order valence-corrected chi connectivity index (χ3v) is 6.71. The fourth-order valence-corrected chi connectivity index (χ4v) is 5.11. The zero-order valence-corrected chi connectivity index (χ0v) is 20.4. The van der Waals surface area contributed by atoms with Gasteiger partial charge in [0.25, 0.3) is 5.56 Å². The van der Waals surface area contributed by atoms with E-state index in [0.717, 1.165) is 11.1 Å². The van der Waals surface area contributed by atoms with Crippen LogP contribution < -0.4 is 19.6 Å². The van der Waals surface area contributed by atoms with Gasteiger partial charge >= 0.3 is 5.97 Å². The van der Waals surface area contributed by atoms with Gasteiger partial charge in [0.2, 0.25) is 0 Å². The molecular formula is C24H20Cl2N2O4S. The van der Waals surface area contributed by atoms with Crippen LogP contribution in [-0.2, 0) is 9.53 Å². The smallest absolute Gasteiger partial charge is 0.338 e. The van der Waals surface area contributed by atoms with E-state index in [1.807, 2.05) is 6.07 Å². The van der Waals surface area contributed by atoms with Crippen molar-refractivity contribution in [3.63, 3.8) is 0 Å². The number of methoxy groups -OCH3 is 1. The molecule has 0 fully saturated rings. The molecule has 1 aliphatic rings. The summed E-state index contributed by atoms with van der Waals surface area (Å²) in [6, 6.07) is 11.6. The summed E-state index contributed by atoms with van der Waals surface area (Å²) in [5.74, 6) is 0.0441. The monoisotopic (exact) mass is 502 g/mol. The van der Waals surface area contributed by atoms with Crippen molar-refractivity contribution in [3.8, 4) is 5.75 Å². The van der Waals surface area contributed by atoms with Gasteiger partial charge in [-0.25, -0.2) is 9.79 Å². The Balaban J connectivity index is 1.93. The standard InChI is InChI=1S/C24H20Cl2N2O4S/c1-4-32-23(30)20-13(2)27-24-28(21(20)15-6-8-16(25)9-7-15)22(29)19(33-24)12-14-5-10-18(31-3)17(26)11-14/h5-12,21H,4H2,1-3H3/b19-12+/t21-/m1/s1. The third kappa shape index (κ3) is 4.49. The number of ether oxygens (including phenoxy) is 2. The van der Waals surface area contributed by atoms with Crippen molar-refractivity contribution in [1.29, 1.82) is 0 Å². The summed E-state index contributed by atoms with van der Waals surface area (Å²) in [5.41, 5.74) is 2.05. The SMILES string of the molecule is CCOC(=O)C1=C(C)N=c2s/c(=C/c3ccc(OC)c(Cl)c3)c(=O)n2[C@@H]1c1ccc(Cl)cc1. The highest BCUT2D eigenvalue weighted by atomic mass is 35.5. The van der Waals surface area contributed by atoms with Gasteiger partial charge in [-0.1, -0.05) is 52.7 Å². The van der Waals surface area contributed by atoms with Gasteiger partial charge in [0.1, 0.15) is 5.75 Å². The number of allylic oxidation sites excluding steroid dienone is 1. The van der Waals surface area contributed by atoms with Gasteiger partial charge in [0.15, 0.2) is 4.80 Å². The molecule has 1 aromatic heterocycles. The number of hydrogen-bond acceptors (Lipinski definition) is 6. The van der Waals surface area contributed by atoms with E-state index >= 15 is 0 Å². The Bertz CT molecular complexity index is 1440. The van der Waals surface area contributed by atoms with E-state index in [2.05, 4.69) is 4.99 Å². The number of thiazole rings is 1. The molecule has 0 amide bonds. The van der Waals surface area contributed by atoms with Crippen LogP contribution in [0.15, 0.2) is 63.5 Å². The highest BCUT2D eigenvalue weighted by molar-refractivity contribution is 7.07. The first-order chi connectivity index (χ1) is 15.8. The first-order valence-corrected chi connectivity index (χ1v) is 11.7. The van der Waals surface area contributed by atoms with Gasteiger partial charge in [-0.3, -0.25) is 9.36 Å². The van der Waals surface area contributed by atoms with Gasteiger partial charge in [-0.05, 0) is 55.3 Å². The first-order valence-electron chi connectivity index (χ1n) is 10.1. The molecule has 0 saturated carbocycles. The van der Waals surface area contributed by atoms with Crippen molar-refractivity contribution in [3.05, 3.63) is 94.6 Å². The number of esters is 1. The van der Waals surface area contributed by atoms with Gasteiger partial charge < -0.3 is 9.47 Å². The second kappa shape index (κ2) is 9.55. The minimum atomic E-state index is -0.681. The summed E-state index contributed by atoms with van der Waals surface area (Å²) in [5, 5.41) is 0.999. The molecule has 170 valence electrons. The minimum absolute atomic E-state index is 0.214. The number of aromatic nitrogens is 1. The molecule has 4 rings (SSSR count). The Kier molecular flexibility index (Phi) is 6.74.